The molecular formula is C26H32N2O. The van der Waals surface area contributed by atoms with E-state index in [0.717, 1.165) is 28.4 Å². The number of rotatable bonds is 4. The molecule has 0 fully saturated rings. The van der Waals surface area contributed by atoms with Crippen molar-refractivity contribution in [1.29, 1.82) is 0 Å². The molecule has 0 saturated carbocycles. The van der Waals surface area contributed by atoms with E-state index in [9.17, 15) is 4.79 Å². The zero-order valence-corrected chi connectivity index (χ0v) is 18.7. The van der Waals surface area contributed by atoms with Gasteiger partial charge in [-0.15, -0.1) is 0 Å². The minimum Gasteiger partial charge on any atom is -0.347 e. The highest BCUT2D eigenvalue weighted by molar-refractivity contribution is 6.01. The fourth-order valence-electron chi connectivity index (χ4n) is 4.75. The molecule has 0 atom stereocenters. The molecule has 1 aromatic rings. The van der Waals surface area contributed by atoms with E-state index in [-0.39, 0.29) is 16.6 Å². The van der Waals surface area contributed by atoms with Crippen LogP contribution < -0.4 is 4.90 Å². The van der Waals surface area contributed by atoms with Crippen LogP contribution in [0.1, 0.15) is 40.2 Å². The average molecular weight is 389 g/mol. The molecule has 0 unspecified atom stereocenters. The minimum absolute atomic E-state index is 0.00722. The van der Waals surface area contributed by atoms with Gasteiger partial charge in [0.25, 0.3) is 0 Å². The summed E-state index contributed by atoms with van der Waals surface area (Å²) in [6.07, 6.45) is 9.57. The molecule has 0 aliphatic carbocycles. The first-order valence-corrected chi connectivity index (χ1v) is 10.1. The number of nitrogens with zero attached hydrogens (tertiary/aromatic N) is 2. The highest BCUT2D eigenvalue weighted by Crippen LogP contribution is 2.48. The highest BCUT2D eigenvalue weighted by Gasteiger charge is 2.40. The molecule has 0 radical (unpaired) electrons. The summed E-state index contributed by atoms with van der Waals surface area (Å²) in [6.45, 7) is 14.6. The number of benzene rings is 1. The van der Waals surface area contributed by atoms with Crippen LogP contribution in [0.3, 0.4) is 0 Å². The molecule has 0 saturated heterocycles. The summed E-state index contributed by atoms with van der Waals surface area (Å²) in [4.78, 5) is 17.4. The van der Waals surface area contributed by atoms with Crippen LogP contribution in [0.4, 0.5) is 5.69 Å². The molecular weight excluding hydrogens is 356 g/mol. The molecule has 2 aliphatic rings. The monoisotopic (exact) mass is 388 g/mol. The fraction of sp³-hybridized carbons (Fsp3) is 0.346. The lowest BCUT2D eigenvalue weighted by Gasteiger charge is -2.26. The standard InChI is InChI=1S/C26H32N2O/c1-9-13-21-19(10-2)25(3,4)23(27(21)7)16-18(29)17-24-26(5,6)20-14-11-12-15-22(20)28(24)8/h9-17H,2H2,1,3-8H3/b13-9-,23-16+,24-17+. The first-order valence-electron chi connectivity index (χ1n) is 10.1. The van der Waals surface area contributed by atoms with Gasteiger partial charge in [-0.2, -0.15) is 0 Å². The van der Waals surface area contributed by atoms with Crippen molar-refractivity contribution in [2.24, 2.45) is 5.41 Å². The molecule has 0 spiro atoms. The molecule has 29 heavy (non-hydrogen) atoms. The Labute approximate surface area is 175 Å². The molecule has 0 aromatic heterocycles. The van der Waals surface area contributed by atoms with E-state index >= 15 is 0 Å². The van der Waals surface area contributed by atoms with E-state index in [1.165, 1.54) is 5.56 Å². The van der Waals surface area contributed by atoms with Crippen molar-refractivity contribution in [1.82, 2.24) is 4.90 Å². The lowest BCUT2D eigenvalue weighted by molar-refractivity contribution is -0.110. The third-order valence-corrected chi connectivity index (χ3v) is 6.34. The van der Waals surface area contributed by atoms with Crippen LogP contribution in [0.5, 0.6) is 0 Å². The van der Waals surface area contributed by atoms with Gasteiger partial charge in [0, 0.05) is 59.9 Å². The largest absolute Gasteiger partial charge is 0.347 e. The Kier molecular flexibility index (Phi) is 5.20. The zero-order valence-electron chi connectivity index (χ0n) is 18.7. The van der Waals surface area contributed by atoms with Gasteiger partial charge in [-0.25, -0.2) is 0 Å². The Morgan fingerprint density at radius 3 is 2.10 bits per heavy atom. The van der Waals surface area contributed by atoms with E-state index in [1.807, 2.05) is 39.2 Å². The summed E-state index contributed by atoms with van der Waals surface area (Å²) in [6, 6.07) is 8.35. The van der Waals surface area contributed by atoms with Crippen molar-refractivity contribution >= 4 is 11.5 Å². The molecule has 3 nitrogen and oxygen atoms in total. The molecule has 3 heteroatoms. The van der Waals surface area contributed by atoms with Crippen LogP contribution in [-0.2, 0) is 10.2 Å². The number of ketones is 1. The first kappa shape index (κ1) is 20.9. The summed E-state index contributed by atoms with van der Waals surface area (Å²) in [5.74, 6) is 0.00722. The minimum atomic E-state index is -0.278. The Morgan fingerprint density at radius 2 is 1.55 bits per heavy atom. The van der Waals surface area contributed by atoms with Gasteiger partial charge in [-0.1, -0.05) is 64.6 Å². The second-order valence-electron chi connectivity index (χ2n) is 8.85. The molecule has 0 bridgehead atoms. The maximum atomic E-state index is 13.2. The van der Waals surface area contributed by atoms with Crippen LogP contribution in [-0.4, -0.2) is 24.8 Å². The summed E-state index contributed by atoms with van der Waals surface area (Å²) in [7, 11) is 4.05. The maximum absolute atomic E-state index is 13.2. The Balaban J connectivity index is 2.01. The summed E-state index contributed by atoms with van der Waals surface area (Å²) in [5, 5.41) is 0. The highest BCUT2D eigenvalue weighted by atomic mass is 16.1. The van der Waals surface area contributed by atoms with Crippen molar-refractivity contribution in [2.45, 2.75) is 40.0 Å². The quantitative estimate of drug-likeness (QED) is 0.615. The van der Waals surface area contributed by atoms with Gasteiger partial charge in [0.15, 0.2) is 5.78 Å². The Morgan fingerprint density at radius 1 is 0.966 bits per heavy atom. The van der Waals surface area contributed by atoms with E-state index in [0.29, 0.717) is 0 Å². The number of anilines is 1. The van der Waals surface area contributed by atoms with E-state index < -0.39 is 0 Å². The second-order valence-corrected chi connectivity index (χ2v) is 8.85. The molecule has 3 rings (SSSR count). The third-order valence-electron chi connectivity index (χ3n) is 6.34. The van der Waals surface area contributed by atoms with Crippen molar-refractivity contribution in [3.05, 3.63) is 89.5 Å². The molecule has 0 N–H and O–H groups in total. The summed E-state index contributed by atoms with van der Waals surface area (Å²) < 4.78 is 0. The lowest BCUT2D eigenvalue weighted by Crippen LogP contribution is -2.24. The molecule has 2 heterocycles. The van der Waals surface area contributed by atoms with Gasteiger partial charge in [0.2, 0.25) is 0 Å². The molecule has 152 valence electrons. The SMILES string of the molecule is C=CC1=C(/C=C\C)N(C)/C(=C/C(=O)/C=C2/N(C)c3ccccc3C2(C)C)C1(C)C. The van der Waals surface area contributed by atoms with Gasteiger partial charge in [0.1, 0.15) is 0 Å². The van der Waals surface area contributed by atoms with Crippen molar-refractivity contribution in [2.75, 3.05) is 19.0 Å². The van der Waals surface area contributed by atoms with Crippen LogP contribution >= 0.6 is 0 Å². The topological polar surface area (TPSA) is 23.6 Å². The summed E-state index contributed by atoms with van der Waals surface area (Å²) in [5.41, 5.74) is 6.15. The molecule has 0 amide bonds. The lowest BCUT2D eigenvalue weighted by atomic mass is 9.81. The number of fused-ring (bicyclic) bond motifs is 1. The average Bonchev–Trinajstić information content (AvgIpc) is 2.97. The third kappa shape index (κ3) is 3.19. The maximum Gasteiger partial charge on any atom is 0.182 e. The zero-order chi connectivity index (χ0) is 21.6. The number of carbonyl (C=O) groups excluding carboxylic acids is 1. The summed E-state index contributed by atoms with van der Waals surface area (Å²) >= 11 is 0. The van der Waals surface area contributed by atoms with Crippen molar-refractivity contribution in [3.8, 4) is 0 Å². The number of hydrogen-bond donors (Lipinski definition) is 0. The van der Waals surface area contributed by atoms with Crippen LogP contribution in [0.2, 0.25) is 0 Å². The Hall–Kier alpha value is -2.81. The number of likely N-dealkylation sites (N-methyl/N-ethyl adjacent to an activating group) is 2. The molecule has 2 aliphatic heterocycles. The number of allylic oxidation sites excluding steroid dienone is 7. The number of carbonyl (C=O) groups is 1. The van der Waals surface area contributed by atoms with Crippen molar-refractivity contribution < 1.29 is 4.79 Å². The van der Waals surface area contributed by atoms with E-state index in [1.54, 1.807) is 12.2 Å². The first-order chi connectivity index (χ1) is 13.6. The Bertz CT molecular complexity index is 986. The normalized spacial score (nSPS) is 22.9. The second kappa shape index (κ2) is 7.22. The predicted molar refractivity (Wildman–Crippen MR) is 123 cm³/mol. The smallest absolute Gasteiger partial charge is 0.182 e. The van der Waals surface area contributed by atoms with Gasteiger partial charge >= 0.3 is 0 Å². The predicted octanol–water partition coefficient (Wildman–Crippen LogP) is 5.74. The van der Waals surface area contributed by atoms with Gasteiger partial charge < -0.3 is 9.80 Å². The van der Waals surface area contributed by atoms with E-state index in [4.69, 9.17) is 0 Å². The van der Waals surface area contributed by atoms with Gasteiger partial charge in [-0.05, 0) is 30.2 Å². The van der Waals surface area contributed by atoms with Gasteiger partial charge in [-0.3, -0.25) is 4.79 Å². The van der Waals surface area contributed by atoms with Crippen molar-refractivity contribution in [3.63, 3.8) is 0 Å². The van der Waals surface area contributed by atoms with Crippen LogP contribution in [0.15, 0.2) is 83.9 Å². The number of hydrogen-bond acceptors (Lipinski definition) is 3. The number of para-hydroxylation sites is 1. The van der Waals surface area contributed by atoms with Gasteiger partial charge in [0.05, 0.1) is 0 Å². The fourth-order valence-corrected chi connectivity index (χ4v) is 4.75. The van der Waals surface area contributed by atoms with Crippen LogP contribution in [0, 0.1) is 5.41 Å². The van der Waals surface area contributed by atoms with Crippen LogP contribution in [0.25, 0.3) is 0 Å². The molecule has 1 aromatic carbocycles. The van der Waals surface area contributed by atoms with E-state index in [2.05, 4.69) is 68.3 Å².